The van der Waals surface area contributed by atoms with Gasteiger partial charge in [-0.2, -0.15) is 0 Å². The van der Waals surface area contributed by atoms with Crippen molar-refractivity contribution in [2.75, 3.05) is 18.0 Å². The molecule has 0 bridgehead atoms. The predicted octanol–water partition coefficient (Wildman–Crippen LogP) is 5.06. The SMILES string of the molecule is CC(C)C(NC(=O)C1CC(O)CN1C(=O)O)C(=O)CCN(C(=O)C(Cl)Cl)c1ccnc(-c2cc(-c3c(Cl)cccc3Cl)no2)c1. The molecule has 3 N–H and O–H groups in total. The zero-order chi connectivity index (χ0) is 33.0. The summed E-state index contributed by atoms with van der Waals surface area (Å²) in [4.78, 5) is 55.9. The van der Waals surface area contributed by atoms with Crippen molar-refractivity contribution in [2.24, 2.45) is 5.92 Å². The Balaban J connectivity index is 1.53. The highest BCUT2D eigenvalue weighted by Crippen LogP contribution is 2.36. The van der Waals surface area contributed by atoms with Gasteiger partial charge in [0.1, 0.15) is 17.4 Å². The first-order valence-corrected chi connectivity index (χ1v) is 15.4. The first-order chi connectivity index (χ1) is 21.3. The normalized spacial score (nSPS) is 17.0. The number of alkyl halides is 2. The van der Waals surface area contributed by atoms with E-state index in [0.29, 0.717) is 32.7 Å². The molecule has 2 aromatic heterocycles. The second-order valence-electron chi connectivity index (χ2n) is 10.6. The predicted molar refractivity (Wildman–Crippen MR) is 169 cm³/mol. The van der Waals surface area contributed by atoms with Crippen molar-refractivity contribution < 1.29 is 33.9 Å². The van der Waals surface area contributed by atoms with Crippen LogP contribution in [0.15, 0.2) is 47.1 Å². The van der Waals surface area contributed by atoms with E-state index in [4.69, 9.17) is 50.9 Å². The summed E-state index contributed by atoms with van der Waals surface area (Å²) in [5.74, 6) is -1.94. The molecule has 240 valence electrons. The zero-order valence-corrected chi connectivity index (χ0v) is 27.0. The number of anilines is 1. The van der Waals surface area contributed by atoms with Crippen molar-refractivity contribution in [3.05, 3.63) is 52.6 Å². The van der Waals surface area contributed by atoms with Crippen LogP contribution in [0, 0.1) is 5.92 Å². The summed E-state index contributed by atoms with van der Waals surface area (Å²) in [6.07, 6.45) is -1.21. The van der Waals surface area contributed by atoms with Crippen LogP contribution in [0.3, 0.4) is 0 Å². The number of likely N-dealkylation sites (tertiary alicyclic amines) is 1. The monoisotopic (exact) mass is 699 g/mol. The molecule has 0 radical (unpaired) electrons. The lowest BCUT2D eigenvalue weighted by Crippen LogP contribution is -2.52. The first kappa shape index (κ1) is 34.5. The number of pyridine rings is 1. The average molecular weight is 701 g/mol. The van der Waals surface area contributed by atoms with Crippen LogP contribution in [-0.4, -0.2) is 85.1 Å². The highest BCUT2D eigenvalue weighted by Gasteiger charge is 2.40. The third kappa shape index (κ3) is 8.06. The van der Waals surface area contributed by atoms with E-state index in [1.807, 2.05) is 0 Å². The Hall–Kier alpha value is -3.42. The molecule has 45 heavy (non-hydrogen) atoms. The molecular formula is C29H29Cl4N5O7. The Bertz CT molecular complexity index is 1560. The van der Waals surface area contributed by atoms with E-state index >= 15 is 0 Å². The lowest BCUT2D eigenvalue weighted by molar-refractivity contribution is -0.131. The number of nitrogens with one attached hydrogen (secondary N) is 1. The zero-order valence-electron chi connectivity index (χ0n) is 24.0. The molecule has 1 saturated heterocycles. The Morgan fingerprint density at radius 3 is 2.42 bits per heavy atom. The number of ketones is 1. The molecular weight excluding hydrogens is 672 g/mol. The second-order valence-corrected chi connectivity index (χ2v) is 12.6. The average Bonchev–Trinajstić information content (AvgIpc) is 3.63. The van der Waals surface area contributed by atoms with Crippen molar-refractivity contribution in [1.29, 1.82) is 0 Å². The number of halogens is 4. The Morgan fingerprint density at radius 2 is 1.80 bits per heavy atom. The summed E-state index contributed by atoms with van der Waals surface area (Å²) in [6, 6.07) is 7.53. The fourth-order valence-corrected chi connectivity index (χ4v) is 5.81. The van der Waals surface area contributed by atoms with E-state index in [1.54, 1.807) is 38.1 Å². The van der Waals surface area contributed by atoms with Crippen molar-refractivity contribution >= 4 is 75.8 Å². The van der Waals surface area contributed by atoms with E-state index in [1.165, 1.54) is 23.2 Å². The van der Waals surface area contributed by atoms with Gasteiger partial charge in [0.2, 0.25) is 5.91 Å². The van der Waals surface area contributed by atoms with Crippen LogP contribution < -0.4 is 10.2 Å². The Morgan fingerprint density at radius 1 is 1.11 bits per heavy atom. The van der Waals surface area contributed by atoms with Crippen LogP contribution in [0.2, 0.25) is 10.0 Å². The van der Waals surface area contributed by atoms with Gasteiger partial charge in [0.05, 0.1) is 28.7 Å². The van der Waals surface area contributed by atoms with Crippen LogP contribution in [0.1, 0.15) is 26.7 Å². The molecule has 3 atom stereocenters. The van der Waals surface area contributed by atoms with E-state index < -0.39 is 46.7 Å². The van der Waals surface area contributed by atoms with Gasteiger partial charge in [-0.25, -0.2) is 4.79 Å². The third-order valence-corrected chi connectivity index (χ3v) is 8.21. The van der Waals surface area contributed by atoms with Gasteiger partial charge < -0.3 is 25.0 Å². The van der Waals surface area contributed by atoms with Gasteiger partial charge in [-0.3, -0.25) is 24.3 Å². The number of carbonyl (C=O) groups is 4. The summed E-state index contributed by atoms with van der Waals surface area (Å²) in [7, 11) is 0. The molecule has 1 aliphatic rings. The maximum atomic E-state index is 13.4. The molecule has 16 heteroatoms. The number of aliphatic hydroxyl groups is 1. The van der Waals surface area contributed by atoms with Crippen LogP contribution >= 0.6 is 46.4 Å². The van der Waals surface area contributed by atoms with E-state index in [-0.39, 0.29) is 37.6 Å². The molecule has 3 aromatic rings. The van der Waals surface area contributed by atoms with Crippen molar-refractivity contribution in [3.63, 3.8) is 0 Å². The van der Waals surface area contributed by atoms with Crippen molar-refractivity contribution in [1.82, 2.24) is 20.4 Å². The van der Waals surface area contributed by atoms with E-state index in [9.17, 15) is 29.4 Å². The summed E-state index contributed by atoms with van der Waals surface area (Å²) in [6.45, 7) is 3.07. The van der Waals surface area contributed by atoms with Crippen LogP contribution in [0.4, 0.5) is 10.5 Å². The maximum absolute atomic E-state index is 13.4. The minimum absolute atomic E-state index is 0.0886. The number of nitrogens with zero attached hydrogens (tertiary/aromatic N) is 4. The molecule has 0 spiro atoms. The number of amides is 3. The number of Topliss-reactive ketones (excluding diaryl/α,β-unsaturated/α-hetero) is 1. The number of carbonyl (C=O) groups excluding carboxylic acids is 3. The van der Waals surface area contributed by atoms with Gasteiger partial charge in [0.25, 0.3) is 5.91 Å². The number of carboxylic acid groups (broad SMARTS) is 1. The van der Waals surface area contributed by atoms with Gasteiger partial charge in [-0.1, -0.05) is 71.5 Å². The summed E-state index contributed by atoms with van der Waals surface area (Å²) in [5.41, 5.74) is 1.45. The first-order valence-electron chi connectivity index (χ1n) is 13.8. The van der Waals surface area contributed by atoms with E-state index in [2.05, 4.69) is 15.5 Å². The standard InChI is InChI=1S/C29H29Cl4N5O7/c1-14(2)25(35-27(41)21-11-16(39)13-38(21)29(43)44)22(40)7-9-37(28(42)26(32)33)15-6-8-34-19(10-15)23-12-20(36-45-23)24-17(30)4-3-5-18(24)31/h3-6,8,10,12,14,16,21,25-26,39H,7,9,11,13H2,1-2H3,(H,35,41)(H,43,44). The van der Waals surface area contributed by atoms with Gasteiger partial charge in [0.15, 0.2) is 16.4 Å². The van der Waals surface area contributed by atoms with Gasteiger partial charge in [0, 0.05) is 42.9 Å². The molecule has 1 aliphatic heterocycles. The molecule has 4 rings (SSSR count). The number of hydrogen-bond acceptors (Lipinski definition) is 8. The minimum Gasteiger partial charge on any atom is -0.465 e. The molecule has 12 nitrogen and oxygen atoms in total. The smallest absolute Gasteiger partial charge is 0.408 e. The van der Waals surface area contributed by atoms with Gasteiger partial charge >= 0.3 is 6.09 Å². The quantitative estimate of drug-likeness (QED) is 0.232. The molecule has 3 heterocycles. The van der Waals surface area contributed by atoms with E-state index in [0.717, 1.165) is 4.90 Å². The van der Waals surface area contributed by atoms with Crippen LogP contribution in [0.5, 0.6) is 0 Å². The lowest BCUT2D eigenvalue weighted by Gasteiger charge is -2.27. The van der Waals surface area contributed by atoms with Crippen molar-refractivity contribution in [3.8, 4) is 22.7 Å². The Kier molecular flexibility index (Phi) is 11.3. The highest BCUT2D eigenvalue weighted by atomic mass is 35.5. The molecule has 3 amide bonds. The van der Waals surface area contributed by atoms with Crippen molar-refractivity contribution in [2.45, 2.75) is 49.7 Å². The van der Waals surface area contributed by atoms with Crippen LogP contribution in [0.25, 0.3) is 22.7 Å². The van der Waals surface area contributed by atoms with Gasteiger partial charge in [-0.15, -0.1) is 0 Å². The number of hydrogen-bond donors (Lipinski definition) is 3. The Labute approximate surface area is 278 Å². The maximum Gasteiger partial charge on any atom is 0.408 e. The summed E-state index contributed by atoms with van der Waals surface area (Å²) in [5, 5.41) is 26.7. The molecule has 0 aliphatic carbocycles. The largest absolute Gasteiger partial charge is 0.465 e. The summed E-state index contributed by atoms with van der Waals surface area (Å²) >= 11 is 24.5. The molecule has 1 fully saturated rings. The second kappa shape index (κ2) is 14.8. The molecule has 3 unspecified atom stereocenters. The minimum atomic E-state index is -1.45. The number of rotatable bonds is 11. The number of β-amino-alcohol motifs (C(OH)–C–C–N with tert-alkyl or cyclic N) is 1. The number of aromatic nitrogens is 2. The fourth-order valence-electron chi connectivity index (χ4n) is 4.98. The molecule has 0 saturated carbocycles. The van der Waals surface area contributed by atoms with Gasteiger partial charge in [-0.05, 0) is 30.2 Å². The fraction of sp³-hybridized carbons (Fsp3) is 0.379. The number of aliphatic hydroxyl groups excluding tert-OH is 1. The third-order valence-electron chi connectivity index (χ3n) is 7.21. The number of benzene rings is 1. The van der Waals surface area contributed by atoms with Crippen LogP contribution in [-0.2, 0) is 14.4 Å². The lowest BCUT2D eigenvalue weighted by atomic mass is 9.97. The molecule has 1 aromatic carbocycles. The summed E-state index contributed by atoms with van der Waals surface area (Å²) < 4.78 is 5.49. The topological polar surface area (TPSA) is 166 Å². The highest BCUT2D eigenvalue weighted by molar-refractivity contribution is 6.54.